The Bertz CT molecular complexity index is 507. The first-order chi connectivity index (χ1) is 11.2. The highest BCUT2D eigenvalue weighted by molar-refractivity contribution is 5.87. The van der Waals surface area contributed by atoms with Crippen molar-refractivity contribution in [2.24, 2.45) is 21.8 Å². The van der Waals surface area contributed by atoms with Crippen LogP contribution in [0.15, 0.2) is 34.0 Å². The molecule has 4 heteroatoms. The van der Waals surface area contributed by atoms with Gasteiger partial charge in [0.1, 0.15) is 5.84 Å². The second-order valence-corrected chi connectivity index (χ2v) is 6.97. The molecular weight excluding hydrogens is 284 g/mol. The molecule has 2 heterocycles. The first kappa shape index (κ1) is 16.4. The van der Waals surface area contributed by atoms with Crippen LogP contribution < -0.4 is 0 Å². The van der Waals surface area contributed by atoms with E-state index in [9.17, 15) is 0 Å². The second kappa shape index (κ2) is 7.43. The Morgan fingerprint density at radius 2 is 1.91 bits per heavy atom. The third-order valence-corrected chi connectivity index (χ3v) is 5.40. The van der Waals surface area contributed by atoms with Crippen molar-refractivity contribution in [1.82, 2.24) is 9.80 Å². The van der Waals surface area contributed by atoms with Crippen LogP contribution in [0.4, 0.5) is 0 Å². The summed E-state index contributed by atoms with van der Waals surface area (Å²) in [5, 5.41) is 0. The molecule has 1 saturated carbocycles. The van der Waals surface area contributed by atoms with Crippen molar-refractivity contribution >= 4 is 12.6 Å². The zero-order valence-electron chi connectivity index (χ0n) is 14.5. The molecule has 0 amide bonds. The van der Waals surface area contributed by atoms with Gasteiger partial charge in [-0.25, -0.2) is 4.99 Å². The zero-order chi connectivity index (χ0) is 16.2. The van der Waals surface area contributed by atoms with E-state index in [-0.39, 0.29) is 0 Å². The molecule has 2 fully saturated rings. The van der Waals surface area contributed by atoms with Crippen molar-refractivity contribution in [2.45, 2.75) is 39.0 Å². The lowest BCUT2D eigenvalue weighted by atomic mass is 9.97. The standard InChI is InChI=1S/C19H30N4/c1-4-15-8-12-23(13-9-15)19(16-6-7-16)21-18-14-22(5-2)11-10-17(18)20-3/h4,15-16H,1,3,5-14H2,2H3. The zero-order valence-corrected chi connectivity index (χ0v) is 14.5. The van der Waals surface area contributed by atoms with Gasteiger partial charge in [-0.3, -0.25) is 9.89 Å². The normalized spacial score (nSPS) is 24.9. The Kier molecular flexibility index (Phi) is 5.31. The molecule has 3 aliphatic rings. The fraction of sp³-hybridized carbons (Fsp3) is 0.684. The van der Waals surface area contributed by atoms with Gasteiger partial charge in [0, 0.05) is 38.5 Å². The van der Waals surface area contributed by atoms with Gasteiger partial charge in [-0.15, -0.1) is 6.58 Å². The van der Waals surface area contributed by atoms with Crippen LogP contribution in [0.25, 0.3) is 0 Å². The van der Waals surface area contributed by atoms with Crippen LogP contribution in [0.5, 0.6) is 0 Å². The summed E-state index contributed by atoms with van der Waals surface area (Å²) >= 11 is 0. The minimum absolute atomic E-state index is 0.672. The molecule has 0 atom stereocenters. The lowest BCUT2D eigenvalue weighted by Crippen LogP contribution is -2.40. The molecule has 4 nitrogen and oxygen atoms in total. The van der Waals surface area contributed by atoms with Crippen molar-refractivity contribution in [2.75, 3.05) is 32.7 Å². The predicted molar refractivity (Wildman–Crippen MR) is 98.0 cm³/mol. The Morgan fingerprint density at radius 3 is 2.48 bits per heavy atom. The molecule has 0 aromatic heterocycles. The van der Waals surface area contributed by atoms with E-state index < -0.39 is 0 Å². The largest absolute Gasteiger partial charge is 0.360 e. The molecule has 3 rings (SSSR count). The fourth-order valence-electron chi connectivity index (χ4n) is 3.59. The summed E-state index contributed by atoms with van der Waals surface area (Å²) < 4.78 is 0. The number of hydrogen-bond donors (Lipinski definition) is 0. The van der Waals surface area contributed by atoms with Gasteiger partial charge in [-0.1, -0.05) is 13.0 Å². The van der Waals surface area contributed by atoms with Gasteiger partial charge in [0.2, 0.25) is 0 Å². The molecule has 2 aliphatic heterocycles. The first-order valence-electron chi connectivity index (χ1n) is 9.12. The summed E-state index contributed by atoms with van der Waals surface area (Å²) in [6, 6.07) is 0. The average molecular weight is 314 g/mol. The molecule has 126 valence electrons. The summed E-state index contributed by atoms with van der Waals surface area (Å²) in [4.78, 5) is 14.4. The summed E-state index contributed by atoms with van der Waals surface area (Å²) in [5.74, 6) is 2.68. The van der Waals surface area contributed by atoms with Crippen molar-refractivity contribution in [3.05, 3.63) is 24.0 Å². The van der Waals surface area contributed by atoms with Crippen LogP contribution in [-0.2, 0) is 0 Å². The highest BCUT2D eigenvalue weighted by Gasteiger charge is 2.33. The Balaban J connectivity index is 1.79. The van der Waals surface area contributed by atoms with Gasteiger partial charge in [0.25, 0.3) is 0 Å². The van der Waals surface area contributed by atoms with Crippen molar-refractivity contribution < 1.29 is 0 Å². The number of hydrogen-bond acceptors (Lipinski definition) is 3. The van der Waals surface area contributed by atoms with Gasteiger partial charge in [0.15, 0.2) is 0 Å². The molecule has 0 spiro atoms. The van der Waals surface area contributed by atoms with E-state index in [2.05, 4.69) is 41.1 Å². The summed E-state index contributed by atoms with van der Waals surface area (Å²) in [5.41, 5.74) is 2.26. The molecule has 0 bridgehead atoms. The quantitative estimate of drug-likeness (QED) is 0.443. The van der Waals surface area contributed by atoms with Crippen molar-refractivity contribution in [1.29, 1.82) is 0 Å². The number of nitrogens with zero attached hydrogens (tertiary/aromatic N) is 4. The maximum atomic E-state index is 5.14. The maximum Gasteiger partial charge on any atom is 0.108 e. The Hall–Kier alpha value is -1.42. The minimum Gasteiger partial charge on any atom is -0.360 e. The number of likely N-dealkylation sites (N-methyl/N-ethyl adjacent to an activating group) is 1. The average Bonchev–Trinajstić information content (AvgIpc) is 3.44. The van der Waals surface area contributed by atoms with Gasteiger partial charge < -0.3 is 4.90 Å². The van der Waals surface area contributed by atoms with Gasteiger partial charge >= 0.3 is 0 Å². The molecule has 23 heavy (non-hydrogen) atoms. The van der Waals surface area contributed by atoms with Crippen LogP contribution >= 0.6 is 0 Å². The summed E-state index contributed by atoms with van der Waals surface area (Å²) in [7, 11) is 0. The smallest absolute Gasteiger partial charge is 0.108 e. The summed E-state index contributed by atoms with van der Waals surface area (Å²) in [6.07, 6.45) is 8.11. The Labute approximate surface area is 140 Å². The van der Waals surface area contributed by atoms with E-state index in [1.54, 1.807) is 0 Å². The second-order valence-electron chi connectivity index (χ2n) is 6.97. The molecule has 1 saturated heterocycles. The van der Waals surface area contributed by atoms with Gasteiger partial charge in [0.05, 0.1) is 11.4 Å². The highest BCUT2D eigenvalue weighted by Crippen LogP contribution is 2.35. The van der Waals surface area contributed by atoms with Crippen LogP contribution in [-0.4, -0.2) is 55.1 Å². The Morgan fingerprint density at radius 1 is 1.17 bits per heavy atom. The number of amidine groups is 1. The van der Waals surface area contributed by atoms with Crippen molar-refractivity contribution in [3.8, 4) is 0 Å². The van der Waals surface area contributed by atoms with Crippen LogP contribution in [0.2, 0.25) is 0 Å². The SMILES string of the molecule is C=CC1CCN(C(=NC2=C(N=C)CCN(CC)C2)C2CC2)CC1. The van der Waals surface area contributed by atoms with Gasteiger partial charge in [-0.05, 0) is 44.9 Å². The highest BCUT2D eigenvalue weighted by atomic mass is 15.2. The molecule has 0 aromatic rings. The molecular formula is C19H30N4. The van der Waals surface area contributed by atoms with Crippen LogP contribution in [0.1, 0.15) is 39.0 Å². The lowest BCUT2D eigenvalue weighted by molar-refractivity contribution is 0.287. The molecule has 0 aromatic carbocycles. The lowest BCUT2D eigenvalue weighted by Gasteiger charge is -2.34. The molecule has 1 aliphatic carbocycles. The molecule has 0 radical (unpaired) electrons. The van der Waals surface area contributed by atoms with E-state index in [0.717, 1.165) is 50.5 Å². The number of rotatable bonds is 5. The number of allylic oxidation sites excluding steroid dienone is 1. The van der Waals surface area contributed by atoms with Crippen molar-refractivity contribution in [3.63, 3.8) is 0 Å². The topological polar surface area (TPSA) is 31.2 Å². The summed E-state index contributed by atoms with van der Waals surface area (Å²) in [6.45, 7) is 15.2. The fourth-order valence-corrected chi connectivity index (χ4v) is 3.59. The van der Waals surface area contributed by atoms with Crippen LogP contribution in [0.3, 0.4) is 0 Å². The van der Waals surface area contributed by atoms with E-state index in [0.29, 0.717) is 11.8 Å². The third-order valence-electron chi connectivity index (χ3n) is 5.40. The van der Waals surface area contributed by atoms with Gasteiger partial charge in [-0.2, -0.15) is 0 Å². The monoisotopic (exact) mass is 314 g/mol. The first-order valence-corrected chi connectivity index (χ1v) is 9.12. The number of aliphatic imine (C=N–C) groups is 2. The minimum atomic E-state index is 0.672. The predicted octanol–water partition coefficient (Wildman–Crippen LogP) is 3.33. The number of piperidine rings is 1. The number of likely N-dealkylation sites (tertiary alicyclic amines) is 1. The van der Waals surface area contributed by atoms with E-state index in [1.807, 2.05) is 0 Å². The third kappa shape index (κ3) is 3.92. The van der Waals surface area contributed by atoms with E-state index >= 15 is 0 Å². The molecule has 0 N–H and O–H groups in total. The van der Waals surface area contributed by atoms with E-state index in [4.69, 9.17) is 4.99 Å². The van der Waals surface area contributed by atoms with E-state index in [1.165, 1.54) is 31.5 Å². The van der Waals surface area contributed by atoms with Crippen LogP contribution in [0, 0.1) is 11.8 Å². The maximum absolute atomic E-state index is 5.14. The molecule has 0 unspecified atom stereocenters.